The normalized spacial score (nSPS) is 11.6. The average molecular weight is 408 g/mol. The molecule has 0 aliphatic heterocycles. The van der Waals surface area contributed by atoms with E-state index in [9.17, 15) is 0 Å². The molecule has 6 heteroatoms. The van der Waals surface area contributed by atoms with E-state index in [1.807, 2.05) is 29.0 Å². The summed E-state index contributed by atoms with van der Waals surface area (Å²) >= 11 is 18.4. The van der Waals surface area contributed by atoms with Gasteiger partial charge in [0.05, 0.1) is 12.0 Å². The highest BCUT2D eigenvalue weighted by molar-refractivity contribution is 6.35. The maximum atomic E-state index is 6.24. The van der Waals surface area contributed by atoms with Crippen LogP contribution >= 0.6 is 34.8 Å². The molecule has 0 aliphatic carbocycles. The molecule has 3 rings (SSSR count). The van der Waals surface area contributed by atoms with Crippen LogP contribution in [0.5, 0.6) is 5.75 Å². The number of benzene rings is 2. The first-order valence-corrected chi connectivity index (χ1v) is 9.27. The third-order valence-corrected chi connectivity index (χ3v) is 4.62. The van der Waals surface area contributed by atoms with Crippen LogP contribution in [0.25, 0.3) is 5.70 Å². The van der Waals surface area contributed by atoms with Crippen LogP contribution in [0.4, 0.5) is 0 Å². The van der Waals surface area contributed by atoms with Crippen molar-refractivity contribution in [3.05, 3.63) is 87.4 Å². The number of aromatic nitrogens is 2. The van der Waals surface area contributed by atoms with Gasteiger partial charge in [0.25, 0.3) is 0 Å². The summed E-state index contributed by atoms with van der Waals surface area (Å²) < 4.78 is 8.01. The number of allylic oxidation sites excluding steroid dienone is 1. The average Bonchev–Trinajstić information content (AvgIpc) is 3.14. The SMILES string of the molecule is CC/C=C(/c1cc(Cl)ccc1OCc1ccc(Cl)cc1Cl)n1ccnc1. The molecule has 0 aliphatic rings. The summed E-state index contributed by atoms with van der Waals surface area (Å²) in [6, 6.07) is 10.9. The van der Waals surface area contributed by atoms with Crippen molar-refractivity contribution < 1.29 is 4.74 Å². The van der Waals surface area contributed by atoms with E-state index < -0.39 is 0 Å². The summed E-state index contributed by atoms with van der Waals surface area (Å²) in [5.74, 6) is 0.716. The van der Waals surface area contributed by atoms with Crippen molar-refractivity contribution in [2.45, 2.75) is 20.0 Å². The lowest BCUT2D eigenvalue weighted by molar-refractivity contribution is 0.305. The standard InChI is InChI=1S/C20H17Cl3N2O/c1-2-3-19(25-9-8-24-13-25)17-10-15(21)6-7-20(17)26-12-14-4-5-16(22)11-18(14)23/h3-11,13H,2,12H2,1H3/b19-3-. The molecule has 26 heavy (non-hydrogen) atoms. The molecule has 0 unspecified atom stereocenters. The molecule has 0 spiro atoms. The lowest BCUT2D eigenvalue weighted by Crippen LogP contribution is -2.03. The Bertz CT molecular complexity index is 921. The second-order valence-electron chi connectivity index (χ2n) is 5.63. The second-order valence-corrected chi connectivity index (χ2v) is 6.91. The van der Waals surface area contributed by atoms with Gasteiger partial charge < -0.3 is 9.30 Å². The Labute approximate surface area is 167 Å². The lowest BCUT2D eigenvalue weighted by Gasteiger charge is -2.16. The van der Waals surface area contributed by atoms with Crippen molar-refractivity contribution in [2.24, 2.45) is 0 Å². The molecule has 0 radical (unpaired) electrons. The fourth-order valence-corrected chi connectivity index (χ4v) is 3.21. The number of imidazole rings is 1. The molecule has 1 heterocycles. The zero-order valence-corrected chi connectivity index (χ0v) is 16.4. The molecule has 0 atom stereocenters. The third-order valence-electron chi connectivity index (χ3n) is 3.80. The third kappa shape index (κ3) is 4.42. The van der Waals surface area contributed by atoms with Crippen molar-refractivity contribution in [1.29, 1.82) is 0 Å². The summed E-state index contributed by atoms with van der Waals surface area (Å²) in [5, 5.41) is 1.81. The van der Waals surface area contributed by atoms with Crippen molar-refractivity contribution in [3.8, 4) is 5.75 Å². The topological polar surface area (TPSA) is 27.1 Å². The number of hydrogen-bond acceptors (Lipinski definition) is 2. The molecule has 0 saturated heterocycles. The van der Waals surface area contributed by atoms with Crippen molar-refractivity contribution in [1.82, 2.24) is 9.55 Å². The molecule has 3 nitrogen and oxygen atoms in total. The number of hydrogen-bond donors (Lipinski definition) is 0. The van der Waals surface area contributed by atoms with Gasteiger partial charge in [-0.1, -0.05) is 53.9 Å². The van der Waals surface area contributed by atoms with Crippen LogP contribution in [-0.4, -0.2) is 9.55 Å². The number of halogens is 3. The van der Waals surface area contributed by atoms with Crippen LogP contribution in [0.1, 0.15) is 24.5 Å². The Morgan fingerprint density at radius 1 is 1.12 bits per heavy atom. The molecular weight excluding hydrogens is 391 g/mol. The van der Waals surface area contributed by atoms with Gasteiger partial charge in [0, 0.05) is 38.6 Å². The maximum Gasteiger partial charge on any atom is 0.129 e. The largest absolute Gasteiger partial charge is 0.488 e. The minimum absolute atomic E-state index is 0.327. The van der Waals surface area contributed by atoms with E-state index >= 15 is 0 Å². The highest BCUT2D eigenvalue weighted by Crippen LogP contribution is 2.32. The van der Waals surface area contributed by atoms with E-state index in [-0.39, 0.29) is 0 Å². The fourth-order valence-electron chi connectivity index (χ4n) is 2.57. The lowest BCUT2D eigenvalue weighted by atomic mass is 10.1. The van der Waals surface area contributed by atoms with E-state index in [2.05, 4.69) is 18.0 Å². The first kappa shape index (κ1) is 18.8. The predicted molar refractivity (Wildman–Crippen MR) is 108 cm³/mol. The Morgan fingerprint density at radius 2 is 1.88 bits per heavy atom. The minimum atomic E-state index is 0.327. The predicted octanol–water partition coefficient (Wildman–Crippen LogP) is 6.72. The van der Waals surface area contributed by atoms with Gasteiger partial charge in [-0.05, 0) is 36.8 Å². The highest BCUT2D eigenvalue weighted by Gasteiger charge is 2.13. The van der Waals surface area contributed by atoms with Crippen molar-refractivity contribution in [2.75, 3.05) is 0 Å². The van der Waals surface area contributed by atoms with Gasteiger partial charge in [0.2, 0.25) is 0 Å². The molecule has 0 fully saturated rings. The molecular formula is C20H17Cl3N2O. The molecule has 0 bridgehead atoms. The van der Waals surface area contributed by atoms with Gasteiger partial charge in [-0.25, -0.2) is 4.98 Å². The number of nitrogens with zero attached hydrogens (tertiary/aromatic N) is 2. The molecule has 0 amide bonds. The van der Waals surface area contributed by atoms with E-state index in [0.717, 1.165) is 23.2 Å². The first-order valence-electron chi connectivity index (χ1n) is 8.13. The van der Waals surface area contributed by atoms with Crippen LogP contribution < -0.4 is 4.74 Å². The van der Waals surface area contributed by atoms with Crippen LogP contribution in [-0.2, 0) is 6.61 Å². The van der Waals surface area contributed by atoms with Gasteiger partial charge in [0.15, 0.2) is 0 Å². The number of ether oxygens (including phenoxy) is 1. The molecule has 0 N–H and O–H groups in total. The molecule has 1 aromatic heterocycles. The van der Waals surface area contributed by atoms with Gasteiger partial charge in [-0.15, -0.1) is 0 Å². The van der Waals surface area contributed by atoms with Crippen LogP contribution in [0.15, 0.2) is 61.2 Å². The highest BCUT2D eigenvalue weighted by atomic mass is 35.5. The monoisotopic (exact) mass is 406 g/mol. The first-order chi connectivity index (χ1) is 12.6. The zero-order valence-electron chi connectivity index (χ0n) is 14.1. The Kier molecular flexibility index (Phi) is 6.25. The van der Waals surface area contributed by atoms with Crippen LogP contribution in [0.3, 0.4) is 0 Å². The van der Waals surface area contributed by atoms with Gasteiger partial charge in [0.1, 0.15) is 12.4 Å². The Hall–Kier alpha value is -1.94. The fraction of sp³-hybridized carbons (Fsp3) is 0.150. The van der Waals surface area contributed by atoms with Gasteiger partial charge in [-0.3, -0.25) is 0 Å². The zero-order chi connectivity index (χ0) is 18.5. The van der Waals surface area contributed by atoms with Gasteiger partial charge in [-0.2, -0.15) is 0 Å². The van der Waals surface area contributed by atoms with E-state index in [0.29, 0.717) is 27.4 Å². The quantitative estimate of drug-likeness (QED) is 0.453. The Balaban J connectivity index is 1.94. The van der Waals surface area contributed by atoms with E-state index in [4.69, 9.17) is 39.5 Å². The minimum Gasteiger partial charge on any atom is -0.488 e. The second kappa shape index (κ2) is 8.63. The van der Waals surface area contributed by atoms with E-state index in [1.165, 1.54) is 0 Å². The van der Waals surface area contributed by atoms with Crippen molar-refractivity contribution >= 4 is 40.5 Å². The summed E-state index contributed by atoms with van der Waals surface area (Å²) in [4.78, 5) is 4.13. The Morgan fingerprint density at radius 3 is 2.58 bits per heavy atom. The smallest absolute Gasteiger partial charge is 0.129 e. The molecule has 2 aromatic carbocycles. The summed E-state index contributed by atoms with van der Waals surface area (Å²) in [7, 11) is 0. The van der Waals surface area contributed by atoms with Crippen LogP contribution in [0, 0.1) is 0 Å². The molecule has 0 saturated carbocycles. The van der Waals surface area contributed by atoms with E-state index in [1.54, 1.807) is 30.7 Å². The maximum absolute atomic E-state index is 6.24. The summed E-state index contributed by atoms with van der Waals surface area (Å²) in [6.07, 6.45) is 8.35. The number of rotatable bonds is 6. The summed E-state index contributed by atoms with van der Waals surface area (Å²) in [6.45, 7) is 2.41. The summed E-state index contributed by atoms with van der Waals surface area (Å²) in [5.41, 5.74) is 2.72. The molecule has 134 valence electrons. The van der Waals surface area contributed by atoms with Crippen LogP contribution in [0.2, 0.25) is 15.1 Å². The van der Waals surface area contributed by atoms with Crippen molar-refractivity contribution in [3.63, 3.8) is 0 Å². The molecule has 3 aromatic rings. The van der Waals surface area contributed by atoms with Gasteiger partial charge >= 0.3 is 0 Å².